The highest BCUT2D eigenvalue weighted by atomic mass is 33.1. The molecule has 0 aromatic heterocycles. The zero-order valence-corrected chi connectivity index (χ0v) is 20.3. The molecule has 0 aliphatic heterocycles. The van der Waals surface area contributed by atoms with Gasteiger partial charge in [-0.25, -0.2) is 0 Å². The second-order valence-electron chi connectivity index (χ2n) is 5.27. The van der Waals surface area contributed by atoms with Gasteiger partial charge in [-0.3, -0.25) is 0 Å². The molecule has 2 unspecified atom stereocenters. The van der Waals surface area contributed by atoms with E-state index in [4.69, 9.17) is 35.4 Å². The third-order valence-corrected chi connectivity index (χ3v) is 10.5. The Balaban J connectivity index is 1.96. The third-order valence-electron chi connectivity index (χ3n) is 3.65. The van der Waals surface area contributed by atoms with Crippen LogP contribution in [-0.2, 0) is 35.4 Å². The topological polar surface area (TPSA) is 0 Å². The molecule has 0 fully saturated rings. The van der Waals surface area contributed by atoms with E-state index in [1.165, 1.54) is 20.9 Å². The minimum absolute atomic E-state index is 0.378. The number of hydrogen-bond acceptors (Lipinski definition) is 5. The van der Waals surface area contributed by atoms with Gasteiger partial charge >= 0.3 is 0 Å². The van der Waals surface area contributed by atoms with Crippen LogP contribution in [0.15, 0.2) is 58.3 Å². The summed E-state index contributed by atoms with van der Waals surface area (Å²) < 4.78 is 0. The lowest BCUT2D eigenvalue weighted by atomic mass is 10.1. The summed E-state index contributed by atoms with van der Waals surface area (Å²) in [4.78, 5) is 2.52. The molecule has 0 saturated carbocycles. The molecular weight excluding hydrogens is 457 g/mol. The molecule has 8 heteroatoms. The Kier molecular flexibility index (Phi) is 10.7. The molecule has 130 valence electrons. The zero-order valence-electron chi connectivity index (χ0n) is 13.6. The van der Waals surface area contributed by atoms with Crippen molar-refractivity contribution >= 4 is 79.1 Å². The van der Waals surface area contributed by atoms with Gasteiger partial charge in [0.2, 0.25) is 0 Å². The van der Waals surface area contributed by atoms with E-state index >= 15 is 0 Å². The largest absolute Gasteiger partial charge is 0.0641 e. The second kappa shape index (κ2) is 12.2. The van der Waals surface area contributed by atoms with Crippen molar-refractivity contribution in [2.45, 2.75) is 34.5 Å². The highest BCUT2D eigenvalue weighted by Gasteiger charge is 2.09. The Morgan fingerprint density at radius 2 is 1.20 bits per heavy atom. The summed E-state index contributed by atoms with van der Waals surface area (Å²) in [6, 6.07) is 17.5. The van der Waals surface area contributed by atoms with Gasteiger partial charge < -0.3 is 0 Å². The summed E-state index contributed by atoms with van der Waals surface area (Å²) in [6.07, 6.45) is 2.05. The predicted octanol–water partition coefficient (Wildman–Crippen LogP) is 8.20. The Hall–Kier alpha value is 0.700. The molecule has 25 heavy (non-hydrogen) atoms. The molecule has 2 rings (SSSR count). The number of benzene rings is 2. The van der Waals surface area contributed by atoms with Crippen molar-refractivity contribution in [2.75, 3.05) is 6.16 Å². The van der Waals surface area contributed by atoms with E-state index in [9.17, 15) is 0 Å². The summed E-state index contributed by atoms with van der Waals surface area (Å²) in [5, 5.41) is 0. The van der Waals surface area contributed by atoms with E-state index in [-0.39, 0.29) is 0 Å². The summed E-state index contributed by atoms with van der Waals surface area (Å²) in [5.74, 6) is 0. The molecule has 0 spiro atoms. The number of rotatable bonds is 10. The lowest BCUT2D eigenvalue weighted by molar-refractivity contribution is 0.894. The maximum absolute atomic E-state index is 5.22. The molecule has 0 N–H and O–H groups in total. The van der Waals surface area contributed by atoms with Crippen molar-refractivity contribution in [3.8, 4) is 0 Å². The Bertz CT molecular complexity index is 703. The van der Waals surface area contributed by atoms with Crippen molar-refractivity contribution in [3.05, 3.63) is 59.7 Å². The molecule has 0 aliphatic rings. The van der Waals surface area contributed by atoms with Crippen molar-refractivity contribution in [1.82, 2.24) is 0 Å². The molecule has 2 aromatic rings. The fourth-order valence-electron chi connectivity index (χ4n) is 2.23. The van der Waals surface area contributed by atoms with Crippen molar-refractivity contribution in [2.24, 2.45) is 0 Å². The third kappa shape index (κ3) is 6.98. The van der Waals surface area contributed by atoms with Crippen LogP contribution in [0, 0.1) is 0 Å². The van der Waals surface area contributed by atoms with Crippen molar-refractivity contribution in [1.29, 1.82) is 0 Å². The molecule has 2 aromatic carbocycles. The van der Waals surface area contributed by atoms with Crippen LogP contribution in [0.25, 0.3) is 0 Å². The van der Waals surface area contributed by atoms with E-state index < -0.39 is 0 Å². The monoisotopic (exact) mass is 474 g/mol. The summed E-state index contributed by atoms with van der Waals surface area (Å²) in [5.41, 5.74) is 3.48. The van der Waals surface area contributed by atoms with Crippen LogP contribution in [0.5, 0.6) is 0 Å². The van der Waals surface area contributed by atoms with Crippen molar-refractivity contribution < 1.29 is 0 Å². The van der Waals surface area contributed by atoms with Gasteiger partial charge in [-0.1, -0.05) is 88.2 Å². The highest BCUT2D eigenvalue weighted by molar-refractivity contribution is 8.76. The van der Waals surface area contributed by atoms with Gasteiger partial charge in [-0.05, 0) is 63.9 Å². The quantitative estimate of drug-likeness (QED) is 0.251. The Labute approximate surface area is 178 Å². The van der Waals surface area contributed by atoms with Crippen molar-refractivity contribution in [3.63, 3.8) is 0 Å². The first-order chi connectivity index (χ1) is 12.2. The molecule has 0 radical (unpaired) electrons. The molecule has 0 saturated heterocycles. The fraction of sp³-hybridized carbons (Fsp3) is 0.294. The average molecular weight is 475 g/mol. The van der Waals surface area contributed by atoms with Crippen LogP contribution < -0.4 is 0 Å². The summed E-state index contributed by atoms with van der Waals surface area (Å²) in [7, 11) is 6.57. The minimum Gasteiger partial charge on any atom is -0.0641 e. The van der Waals surface area contributed by atoms with E-state index in [0.717, 1.165) is 34.7 Å². The summed E-state index contributed by atoms with van der Waals surface area (Å²) in [6.45, 7) is 2.19. The molecular formula is C17H17P3S5. The van der Waals surface area contributed by atoms with Gasteiger partial charge in [0.25, 0.3) is 0 Å². The first kappa shape index (κ1) is 22.0. The highest BCUT2D eigenvalue weighted by Crippen LogP contribution is 2.40. The molecule has 0 nitrogen and oxygen atoms in total. The smallest absolute Gasteiger partial charge is 0.0446 e. The minimum atomic E-state index is 0.378. The summed E-state index contributed by atoms with van der Waals surface area (Å²) >= 11 is 15.5. The maximum atomic E-state index is 5.22. The van der Waals surface area contributed by atoms with Crippen LogP contribution in [0.1, 0.15) is 35.8 Å². The molecule has 0 amide bonds. The first-order valence-electron chi connectivity index (χ1n) is 7.70. The lowest BCUT2D eigenvalue weighted by Crippen LogP contribution is -1.91. The predicted molar refractivity (Wildman–Crippen MR) is 128 cm³/mol. The zero-order chi connectivity index (χ0) is 18.1. The lowest BCUT2D eigenvalue weighted by Gasteiger charge is -2.10. The maximum Gasteiger partial charge on any atom is 0.0446 e. The van der Waals surface area contributed by atoms with Crippen LogP contribution >= 0.6 is 43.7 Å². The normalized spacial score (nSPS) is 14.0. The standard InChI is InChI=1S/C17H17P3S5/c1-2-16(19-22)12-3-7-14(8-4-12)24-25-15-9-5-13(6-10-15)17(20-23)11-18-21/h3-10,16-17H,2,11H2,1H3. The van der Waals surface area contributed by atoms with Gasteiger partial charge in [-0.15, -0.1) is 0 Å². The van der Waals surface area contributed by atoms with E-state index in [1.807, 2.05) is 0 Å². The van der Waals surface area contributed by atoms with Gasteiger partial charge in [0, 0.05) is 27.3 Å². The molecule has 0 heterocycles. The van der Waals surface area contributed by atoms with Crippen LogP contribution in [0.3, 0.4) is 0 Å². The SMILES string of the molecule is CCC(P=S)c1ccc(SSc2ccc(C(CP=S)P=S)cc2)cc1. The fourth-order valence-corrected chi connectivity index (χ4v) is 8.32. The van der Waals surface area contributed by atoms with E-state index in [1.54, 1.807) is 21.6 Å². The van der Waals surface area contributed by atoms with Crippen LogP contribution in [-0.4, -0.2) is 6.16 Å². The molecule has 0 bridgehead atoms. The van der Waals surface area contributed by atoms with E-state index in [0.29, 0.717) is 11.3 Å². The average Bonchev–Trinajstić information content (AvgIpc) is 2.67. The first-order valence-corrected chi connectivity index (χ1v) is 15.9. The van der Waals surface area contributed by atoms with Gasteiger partial charge in [0.15, 0.2) is 0 Å². The van der Waals surface area contributed by atoms with Gasteiger partial charge in [0.1, 0.15) is 0 Å². The van der Waals surface area contributed by atoms with Crippen LogP contribution in [0.4, 0.5) is 0 Å². The molecule has 2 atom stereocenters. The van der Waals surface area contributed by atoms with E-state index in [2.05, 4.69) is 55.5 Å². The van der Waals surface area contributed by atoms with Gasteiger partial charge in [0.05, 0.1) is 0 Å². The van der Waals surface area contributed by atoms with Gasteiger partial charge in [-0.2, -0.15) is 0 Å². The Morgan fingerprint density at radius 1 is 0.760 bits per heavy atom. The number of hydrogen-bond donors (Lipinski definition) is 0. The van der Waals surface area contributed by atoms with Crippen LogP contribution in [0.2, 0.25) is 0 Å². The molecule has 0 aliphatic carbocycles. The second-order valence-corrected chi connectivity index (χ2v) is 11.9. The Morgan fingerprint density at radius 3 is 1.56 bits per heavy atom.